The first-order valence-corrected chi connectivity index (χ1v) is 7.90. The molecule has 0 fully saturated rings. The van der Waals surface area contributed by atoms with Gasteiger partial charge in [-0.15, -0.1) is 0 Å². The maximum absolute atomic E-state index is 12.0. The Balaban J connectivity index is 2.25. The maximum Gasteiger partial charge on any atom is 0.211 e. The zero-order valence-corrected chi connectivity index (χ0v) is 11.7. The molecular weight excluding hydrogens is 248 g/mol. The average Bonchev–Trinajstić information content (AvgIpc) is 2.36. The topological polar surface area (TPSA) is 35.5 Å². The molecule has 4 heteroatoms. The molecule has 0 saturated heterocycles. The standard InChI is InChI=1S/C14H17O3S/c1-16-12-4-5-14-10(7-12)6-11(8-17-14)13(15)9-18(2)3/h4-7H,8-9H2,1-3H3/q+1. The summed E-state index contributed by atoms with van der Waals surface area (Å²) in [6.45, 7) is 0.370. The van der Waals surface area contributed by atoms with E-state index in [4.69, 9.17) is 9.47 Å². The predicted octanol–water partition coefficient (Wildman–Crippen LogP) is 1.92. The Bertz CT molecular complexity index is 492. The molecule has 2 rings (SSSR count). The van der Waals surface area contributed by atoms with Crippen molar-refractivity contribution in [1.29, 1.82) is 0 Å². The molecule has 0 aromatic heterocycles. The summed E-state index contributed by atoms with van der Waals surface area (Å²) in [4.78, 5) is 12.0. The van der Waals surface area contributed by atoms with Crippen molar-refractivity contribution >= 4 is 22.8 Å². The number of carbonyl (C=O) groups is 1. The van der Waals surface area contributed by atoms with E-state index in [1.54, 1.807) is 7.11 Å². The highest BCUT2D eigenvalue weighted by Gasteiger charge is 2.21. The number of ketones is 1. The first-order valence-electron chi connectivity index (χ1n) is 5.69. The molecule has 0 saturated carbocycles. The van der Waals surface area contributed by atoms with Crippen LogP contribution in [0.2, 0.25) is 0 Å². The molecule has 1 aromatic carbocycles. The second-order valence-electron chi connectivity index (χ2n) is 4.42. The zero-order valence-electron chi connectivity index (χ0n) is 10.9. The van der Waals surface area contributed by atoms with Crippen LogP contribution in [0.4, 0.5) is 0 Å². The molecule has 1 aliphatic heterocycles. The van der Waals surface area contributed by atoms with Crippen LogP contribution in [0.25, 0.3) is 6.08 Å². The Hall–Kier alpha value is -1.42. The Morgan fingerprint density at radius 2 is 2.22 bits per heavy atom. The third kappa shape index (κ3) is 2.88. The van der Waals surface area contributed by atoms with Gasteiger partial charge in [0, 0.05) is 11.1 Å². The molecular formula is C14H17O3S+. The molecule has 0 unspecified atom stereocenters. The van der Waals surface area contributed by atoms with Gasteiger partial charge in [0.1, 0.15) is 18.1 Å². The highest BCUT2D eigenvalue weighted by molar-refractivity contribution is 7.96. The molecule has 1 aromatic rings. The van der Waals surface area contributed by atoms with Gasteiger partial charge in [-0.25, -0.2) is 0 Å². The summed E-state index contributed by atoms with van der Waals surface area (Å²) in [6.07, 6.45) is 6.05. The second-order valence-corrected chi connectivity index (χ2v) is 6.67. The molecule has 0 atom stereocenters. The first-order chi connectivity index (χ1) is 8.60. The smallest absolute Gasteiger partial charge is 0.211 e. The van der Waals surface area contributed by atoms with E-state index in [1.807, 2.05) is 24.3 Å². The normalized spacial score (nSPS) is 13.7. The minimum Gasteiger partial charge on any atom is -0.497 e. The van der Waals surface area contributed by atoms with Crippen LogP contribution in [-0.4, -0.2) is 37.8 Å². The van der Waals surface area contributed by atoms with E-state index in [1.165, 1.54) is 0 Å². The third-order valence-electron chi connectivity index (χ3n) is 2.71. The van der Waals surface area contributed by atoms with Gasteiger partial charge in [0.15, 0.2) is 5.75 Å². The molecule has 96 valence electrons. The van der Waals surface area contributed by atoms with Crippen molar-refractivity contribution in [3.63, 3.8) is 0 Å². The molecule has 0 aliphatic carbocycles. The highest BCUT2D eigenvalue weighted by Crippen LogP contribution is 2.30. The van der Waals surface area contributed by atoms with Gasteiger partial charge in [-0.05, 0) is 35.2 Å². The van der Waals surface area contributed by atoms with E-state index in [0.29, 0.717) is 12.4 Å². The van der Waals surface area contributed by atoms with E-state index < -0.39 is 0 Å². The first kappa shape index (κ1) is 13.0. The lowest BCUT2D eigenvalue weighted by atomic mass is 10.0. The lowest BCUT2D eigenvalue weighted by Crippen LogP contribution is -2.21. The minimum atomic E-state index is 0.118. The number of hydrogen-bond donors (Lipinski definition) is 0. The number of ether oxygens (including phenoxy) is 2. The van der Waals surface area contributed by atoms with E-state index in [-0.39, 0.29) is 16.7 Å². The monoisotopic (exact) mass is 265 g/mol. The Morgan fingerprint density at radius 1 is 1.44 bits per heavy atom. The number of rotatable bonds is 4. The van der Waals surface area contributed by atoms with E-state index in [9.17, 15) is 4.79 Å². The summed E-state index contributed by atoms with van der Waals surface area (Å²) in [6, 6.07) is 5.62. The molecule has 0 amide bonds. The van der Waals surface area contributed by atoms with Crippen LogP contribution in [0.5, 0.6) is 11.5 Å². The number of methoxy groups -OCH3 is 1. The molecule has 0 N–H and O–H groups in total. The molecule has 18 heavy (non-hydrogen) atoms. The van der Waals surface area contributed by atoms with E-state index in [2.05, 4.69) is 12.5 Å². The van der Waals surface area contributed by atoms with Crippen molar-refractivity contribution in [2.75, 3.05) is 32.0 Å². The highest BCUT2D eigenvalue weighted by atomic mass is 32.2. The Morgan fingerprint density at radius 3 is 2.89 bits per heavy atom. The maximum atomic E-state index is 12.0. The van der Waals surface area contributed by atoms with Gasteiger partial charge in [-0.2, -0.15) is 0 Å². The second kappa shape index (κ2) is 5.48. The number of Topliss-reactive ketones (excluding diaryl/α,β-unsaturated/α-hetero) is 1. The largest absolute Gasteiger partial charge is 0.497 e. The van der Waals surface area contributed by atoms with Crippen molar-refractivity contribution in [3.05, 3.63) is 29.3 Å². The fourth-order valence-electron chi connectivity index (χ4n) is 1.80. The van der Waals surface area contributed by atoms with Gasteiger partial charge >= 0.3 is 0 Å². The average molecular weight is 265 g/mol. The summed E-state index contributed by atoms with van der Waals surface area (Å²) in [5, 5.41) is 0. The number of fused-ring (bicyclic) bond motifs is 1. The van der Waals surface area contributed by atoms with Gasteiger partial charge in [-0.3, -0.25) is 4.79 Å². The van der Waals surface area contributed by atoms with Crippen molar-refractivity contribution in [2.24, 2.45) is 0 Å². The van der Waals surface area contributed by atoms with Crippen molar-refractivity contribution in [3.8, 4) is 11.5 Å². The Kier molecular flexibility index (Phi) is 3.97. The van der Waals surface area contributed by atoms with Crippen LogP contribution < -0.4 is 9.47 Å². The zero-order chi connectivity index (χ0) is 13.1. The van der Waals surface area contributed by atoms with Gasteiger partial charge in [0.2, 0.25) is 5.78 Å². The lowest BCUT2D eigenvalue weighted by molar-refractivity contribution is -0.113. The summed E-state index contributed by atoms with van der Waals surface area (Å²) < 4.78 is 10.8. The third-order valence-corrected chi connectivity index (χ3v) is 3.55. The van der Waals surface area contributed by atoms with Gasteiger partial charge in [0.05, 0.1) is 19.6 Å². The molecule has 0 bridgehead atoms. The van der Waals surface area contributed by atoms with Gasteiger partial charge in [-0.1, -0.05) is 0 Å². The van der Waals surface area contributed by atoms with Crippen LogP contribution in [0.3, 0.4) is 0 Å². The molecule has 0 radical (unpaired) electrons. The van der Waals surface area contributed by atoms with Crippen molar-refractivity contribution in [1.82, 2.24) is 0 Å². The SMILES string of the molecule is COc1ccc2c(c1)C=C(C(=O)C[S+](C)C)CO2. The van der Waals surface area contributed by atoms with Crippen molar-refractivity contribution in [2.45, 2.75) is 0 Å². The number of carbonyl (C=O) groups excluding carboxylic acids is 1. The van der Waals surface area contributed by atoms with Crippen LogP contribution in [0.15, 0.2) is 23.8 Å². The summed E-state index contributed by atoms with van der Waals surface area (Å²) in [7, 11) is 1.74. The van der Waals surface area contributed by atoms with E-state index >= 15 is 0 Å². The lowest BCUT2D eigenvalue weighted by Gasteiger charge is -2.17. The Labute approximate surface area is 110 Å². The van der Waals surface area contributed by atoms with Crippen LogP contribution in [-0.2, 0) is 15.7 Å². The number of hydrogen-bond acceptors (Lipinski definition) is 3. The number of benzene rings is 1. The van der Waals surface area contributed by atoms with Gasteiger partial charge in [0.25, 0.3) is 0 Å². The quantitative estimate of drug-likeness (QED) is 0.780. The predicted molar refractivity (Wildman–Crippen MR) is 75.6 cm³/mol. The van der Waals surface area contributed by atoms with Crippen LogP contribution in [0.1, 0.15) is 5.56 Å². The fraction of sp³-hybridized carbons (Fsp3) is 0.357. The summed E-state index contributed by atoms with van der Waals surface area (Å²) >= 11 is 0. The van der Waals surface area contributed by atoms with Gasteiger partial charge < -0.3 is 9.47 Å². The fourth-order valence-corrected chi connectivity index (χ4v) is 2.51. The summed E-state index contributed by atoms with van der Waals surface area (Å²) in [5.41, 5.74) is 1.66. The summed E-state index contributed by atoms with van der Waals surface area (Å²) in [5.74, 6) is 2.35. The molecule has 0 spiro atoms. The molecule has 1 heterocycles. The molecule has 1 aliphatic rings. The van der Waals surface area contributed by atoms with Crippen molar-refractivity contribution < 1.29 is 14.3 Å². The molecule has 3 nitrogen and oxygen atoms in total. The minimum absolute atomic E-state index is 0.118. The van der Waals surface area contributed by atoms with Crippen LogP contribution >= 0.6 is 0 Å². The van der Waals surface area contributed by atoms with E-state index in [0.717, 1.165) is 22.6 Å². The van der Waals surface area contributed by atoms with Crippen LogP contribution in [0, 0.1) is 0 Å².